The maximum Gasteiger partial charge on any atom is 0.0949 e. The molecule has 4 rings (SSSR count). The largest absolute Gasteiger partial charge is 0.385 e. The number of halogens is 1. The van der Waals surface area contributed by atoms with Crippen LogP contribution in [0.3, 0.4) is 0 Å². The topological polar surface area (TPSA) is 20.2 Å². The highest BCUT2D eigenvalue weighted by molar-refractivity contribution is 9.10. The van der Waals surface area contributed by atoms with Crippen LogP contribution < -0.4 is 0 Å². The summed E-state index contributed by atoms with van der Waals surface area (Å²) in [6.45, 7) is 0. The Bertz CT molecular complexity index is 457. The fraction of sp³-hybridized carbons (Fsp3) is 0.714. The molecule has 0 radical (unpaired) electrons. The van der Waals surface area contributed by atoms with Crippen LogP contribution in [0.2, 0.25) is 0 Å². The Kier molecular flexibility index (Phi) is 2.32. The van der Waals surface area contributed by atoms with Crippen LogP contribution >= 0.6 is 27.3 Å². The summed E-state index contributed by atoms with van der Waals surface area (Å²) in [5, 5.41) is 15.4. The van der Waals surface area contributed by atoms with E-state index in [1.54, 1.807) is 11.3 Å². The van der Waals surface area contributed by atoms with Crippen LogP contribution in [0.1, 0.15) is 37.7 Å². The van der Waals surface area contributed by atoms with Gasteiger partial charge < -0.3 is 5.11 Å². The summed E-state index contributed by atoms with van der Waals surface area (Å²) in [6.07, 6.45) is 6.45. The molecule has 1 heterocycles. The average Bonchev–Trinajstić information content (AvgIpc) is 2.95. The average molecular weight is 313 g/mol. The first kappa shape index (κ1) is 11.0. The Morgan fingerprint density at radius 1 is 1.29 bits per heavy atom. The van der Waals surface area contributed by atoms with Crippen molar-refractivity contribution in [3.05, 3.63) is 20.8 Å². The highest BCUT2D eigenvalue weighted by Crippen LogP contribution is 2.65. The molecule has 1 nitrogen and oxygen atoms in total. The lowest BCUT2D eigenvalue weighted by molar-refractivity contribution is -0.0514. The zero-order chi connectivity index (χ0) is 11.6. The van der Waals surface area contributed by atoms with E-state index in [0.29, 0.717) is 5.92 Å². The zero-order valence-corrected chi connectivity index (χ0v) is 12.1. The number of hydrogen-bond acceptors (Lipinski definition) is 2. The molecule has 2 bridgehead atoms. The zero-order valence-electron chi connectivity index (χ0n) is 9.73. The van der Waals surface area contributed by atoms with Gasteiger partial charge in [-0.05, 0) is 70.7 Å². The third-order valence-electron chi connectivity index (χ3n) is 5.57. The molecule has 3 fully saturated rings. The number of hydrogen-bond donors (Lipinski definition) is 1. The predicted molar refractivity (Wildman–Crippen MR) is 73.0 cm³/mol. The summed E-state index contributed by atoms with van der Waals surface area (Å²) < 4.78 is 1.12. The second-order valence-electron chi connectivity index (χ2n) is 6.12. The quantitative estimate of drug-likeness (QED) is 0.825. The summed E-state index contributed by atoms with van der Waals surface area (Å²) in [5.74, 6) is 3.08. The van der Waals surface area contributed by atoms with E-state index in [1.165, 1.54) is 31.2 Å². The molecular formula is C14H17BrOS. The summed E-state index contributed by atoms with van der Waals surface area (Å²) in [7, 11) is 0. The molecular weight excluding hydrogens is 296 g/mol. The SMILES string of the molecule is OC1(c2cscc2Br)CC2CC1C1CCCC21. The van der Waals surface area contributed by atoms with Crippen molar-refractivity contribution in [3.63, 3.8) is 0 Å². The number of rotatable bonds is 1. The van der Waals surface area contributed by atoms with Gasteiger partial charge in [0.1, 0.15) is 0 Å². The van der Waals surface area contributed by atoms with E-state index >= 15 is 0 Å². The van der Waals surface area contributed by atoms with Crippen LogP contribution in [-0.2, 0) is 5.60 Å². The maximum atomic E-state index is 11.1. The van der Waals surface area contributed by atoms with E-state index in [0.717, 1.165) is 28.6 Å². The van der Waals surface area contributed by atoms with E-state index in [4.69, 9.17) is 0 Å². The van der Waals surface area contributed by atoms with Gasteiger partial charge in [0.2, 0.25) is 0 Å². The fourth-order valence-electron chi connectivity index (χ4n) is 5.01. The maximum absolute atomic E-state index is 11.1. The molecule has 92 valence electrons. The van der Waals surface area contributed by atoms with E-state index < -0.39 is 5.60 Å². The van der Waals surface area contributed by atoms with Gasteiger partial charge in [0, 0.05) is 15.4 Å². The molecule has 0 aliphatic heterocycles. The summed E-state index contributed by atoms with van der Waals surface area (Å²) in [6, 6.07) is 0. The minimum Gasteiger partial charge on any atom is -0.385 e. The van der Waals surface area contributed by atoms with Crippen molar-refractivity contribution >= 4 is 27.3 Å². The van der Waals surface area contributed by atoms with E-state index in [9.17, 15) is 5.11 Å². The van der Waals surface area contributed by atoms with Gasteiger partial charge in [0.25, 0.3) is 0 Å². The van der Waals surface area contributed by atoms with Gasteiger partial charge in [0.05, 0.1) is 5.60 Å². The summed E-state index contributed by atoms with van der Waals surface area (Å²) in [5.41, 5.74) is 0.648. The highest BCUT2D eigenvalue weighted by Gasteiger charge is 2.61. The van der Waals surface area contributed by atoms with Gasteiger partial charge in [0.15, 0.2) is 0 Å². The molecule has 3 heteroatoms. The Morgan fingerprint density at radius 3 is 2.88 bits per heavy atom. The molecule has 0 spiro atoms. The molecule has 3 saturated carbocycles. The minimum atomic E-state index is -0.519. The Hall–Kier alpha value is 0.140. The van der Waals surface area contributed by atoms with Gasteiger partial charge in [-0.3, -0.25) is 0 Å². The van der Waals surface area contributed by atoms with Crippen molar-refractivity contribution in [2.45, 2.75) is 37.7 Å². The third-order valence-corrected chi connectivity index (χ3v) is 7.27. The number of fused-ring (bicyclic) bond motifs is 5. The molecule has 0 saturated heterocycles. The van der Waals surface area contributed by atoms with Crippen LogP contribution in [0.4, 0.5) is 0 Å². The lowest BCUT2D eigenvalue weighted by Gasteiger charge is -2.39. The van der Waals surface area contributed by atoms with Crippen molar-refractivity contribution in [1.82, 2.24) is 0 Å². The summed E-state index contributed by atoms with van der Waals surface area (Å²) >= 11 is 5.30. The lowest BCUT2D eigenvalue weighted by Crippen LogP contribution is -2.38. The molecule has 0 aromatic carbocycles. The molecule has 3 aliphatic rings. The van der Waals surface area contributed by atoms with Crippen molar-refractivity contribution in [1.29, 1.82) is 0 Å². The van der Waals surface area contributed by atoms with Gasteiger partial charge in [-0.2, -0.15) is 11.3 Å². The smallest absolute Gasteiger partial charge is 0.0949 e. The standard InChI is InChI=1S/C14H17BrOS/c15-13-7-17-6-12(13)14(16)5-8-4-11(14)10-3-1-2-9(8)10/h6-11,16H,1-5H2. The van der Waals surface area contributed by atoms with Crippen LogP contribution in [0.15, 0.2) is 15.2 Å². The van der Waals surface area contributed by atoms with Crippen molar-refractivity contribution in [3.8, 4) is 0 Å². The van der Waals surface area contributed by atoms with Gasteiger partial charge in [-0.1, -0.05) is 6.42 Å². The van der Waals surface area contributed by atoms with Gasteiger partial charge >= 0.3 is 0 Å². The van der Waals surface area contributed by atoms with Gasteiger partial charge in [-0.25, -0.2) is 0 Å². The summed E-state index contributed by atoms with van der Waals surface area (Å²) in [4.78, 5) is 0. The second-order valence-corrected chi connectivity index (χ2v) is 7.72. The Morgan fingerprint density at radius 2 is 2.12 bits per heavy atom. The molecule has 5 unspecified atom stereocenters. The van der Waals surface area contributed by atoms with Crippen LogP contribution in [0.5, 0.6) is 0 Å². The number of aliphatic hydroxyl groups is 1. The second kappa shape index (κ2) is 3.58. The van der Waals surface area contributed by atoms with Crippen LogP contribution in [-0.4, -0.2) is 5.11 Å². The highest BCUT2D eigenvalue weighted by atomic mass is 79.9. The normalized spacial score (nSPS) is 47.6. The number of thiophene rings is 1. The monoisotopic (exact) mass is 312 g/mol. The Labute approximate surface area is 114 Å². The first-order valence-electron chi connectivity index (χ1n) is 6.64. The molecule has 17 heavy (non-hydrogen) atoms. The molecule has 5 atom stereocenters. The van der Waals surface area contributed by atoms with E-state index in [1.807, 2.05) is 0 Å². The first-order chi connectivity index (χ1) is 8.20. The molecule has 1 N–H and O–H groups in total. The van der Waals surface area contributed by atoms with Crippen LogP contribution in [0.25, 0.3) is 0 Å². The van der Waals surface area contributed by atoms with E-state index in [2.05, 4.69) is 26.7 Å². The van der Waals surface area contributed by atoms with Crippen molar-refractivity contribution < 1.29 is 5.11 Å². The lowest BCUT2D eigenvalue weighted by atomic mass is 9.71. The predicted octanol–water partition coefficient (Wildman–Crippen LogP) is 4.15. The fourth-order valence-corrected chi connectivity index (χ4v) is 6.73. The first-order valence-corrected chi connectivity index (χ1v) is 8.38. The third kappa shape index (κ3) is 1.34. The Balaban J connectivity index is 1.75. The van der Waals surface area contributed by atoms with Crippen molar-refractivity contribution in [2.24, 2.45) is 23.7 Å². The molecule has 0 amide bonds. The molecule has 3 aliphatic carbocycles. The minimum absolute atomic E-state index is 0.519. The van der Waals surface area contributed by atoms with E-state index in [-0.39, 0.29) is 0 Å². The van der Waals surface area contributed by atoms with Crippen LogP contribution in [0, 0.1) is 23.7 Å². The molecule has 1 aromatic heterocycles. The molecule has 1 aromatic rings. The van der Waals surface area contributed by atoms with Gasteiger partial charge in [-0.15, -0.1) is 0 Å². The van der Waals surface area contributed by atoms with Crippen molar-refractivity contribution in [2.75, 3.05) is 0 Å².